The van der Waals surface area contributed by atoms with Gasteiger partial charge >= 0.3 is 0 Å². The minimum absolute atomic E-state index is 0.0318. The van der Waals surface area contributed by atoms with Gasteiger partial charge in [0.2, 0.25) is 0 Å². The third kappa shape index (κ3) is 3.67. The van der Waals surface area contributed by atoms with Crippen molar-refractivity contribution < 1.29 is 14.7 Å². The molecule has 0 atom stereocenters. The van der Waals surface area contributed by atoms with Crippen LogP contribution in [-0.2, 0) is 9.59 Å². The first kappa shape index (κ1) is 14.3. The number of carbonyl (C=O) groups excluding carboxylic acids is 2. The lowest BCUT2D eigenvalue weighted by molar-refractivity contribution is -0.124. The molecule has 1 saturated carbocycles. The van der Waals surface area contributed by atoms with E-state index in [1.54, 1.807) is 0 Å². The van der Waals surface area contributed by atoms with Crippen LogP contribution in [0.25, 0.3) is 6.08 Å². The summed E-state index contributed by atoms with van der Waals surface area (Å²) in [6.45, 7) is 0. The van der Waals surface area contributed by atoms with E-state index >= 15 is 0 Å². The molecule has 1 aromatic rings. The molecule has 0 heterocycles. The zero-order valence-corrected chi connectivity index (χ0v) is 11.3. The van der Waals surface area contributed by atoms with Crippen LogP contribution in [0, 0.1) is 0 Å². The monoisotopic (exact) mass is 270 g/mol. The minimum atomic E-state index is -0.217. The first-order valence-corrected chi connectivity index (χ1v) is 6.88. The number of aliphatic hydroxyl groups is 1. The molecule has 3 nitrogen and oxygen atoms in total. The van der Waals surface area contributed by atoms with Gasteiger partial charge in [-0.25, -0.2) is 0 Å². The van der Waals surface area contributed by atoms with Crippen molar-refractivity contribution >= 4 is 17.6 Å². The number of rotatable bonds is 4. The highest BCUT2D eigenvalue weighted by molar-refractivity contribution is 6.21. The van der Waals surface area contributed by atoms with Gasteiger partial charge in [0.1, 0.15) is 5.76 Å². The minimum Gasteiger partial charge on any atom is -0.511 e. The Balaban J connectivity index is 1.94. The van der Waals surface area contributed by atoms with Crippen molar-refractivity contribution in [3.8, 4) is 0 Å². The Morgan fingerprint density at radius 2 is 1.75 bits per heavy atom. The number of allylic oxidation sites excluding steroid dienone is 3. The fraction of sp³-hybridized carbons (Fsp3) is 0.294. The van der Waals surface area contributed by atoms with E-state index < -0.39 is 0 Å². The van der Waals surface area contributed by atoms with Gasteiger partial charge in [-0.15, -0.1) is 0 Å². The number of benzene rings is 1. The molecular weight excluding hydrogens is 252 g/mol. The summed E-state index contributed by atoms with van der Waals surface area (Å²) in [7, 11) is 0. The molecule has 1 aliphatic rings. The van der Waals surface area contributed by atoms with Crippen molar-refractivity contribution in [3.63, 3.8) is 0 Å². The van der Waals surface area contributed by atoms with E-state index in [0.717, 1.165) is 5.56 Å². The second-order valence-electron chi connectivity index (χ2n) is 4.87. The van der Waals surface area contributed by atoms with Crippen molar-refractivity contribution in [2.75, 3.05) is 0 Å². The van der Waals surface area contributed by atoms with Crippen molar-refractivity contribution in [1.29, 1.82) is 0 Å². The highest BCUT2D eigenvalue weighted by atomic mass is 16.3. The summed E-state index contributed by atoms with van der Waals surface area (Å²) in [6.07, 6.45) is 6.16. The highest BCUT2D eigenvalue weighted by Gasteiger charge is 2.26. The molecule has 2 rings (SSSR count). The van der Waals surface area contributed by atoms with Crippen LogP contribution in [0.2, 0.25) is 0 Å². The van der Waals surface area contributed by atoms with E-state index in [0.29, 0.717) is 32.1 Å². The molecule has 0 amide bonds. The van der Waals surface area contributed by atoms with Gasteiger partial charge < -0.3 is 5.11 Å². The Labute approximate surface area is 118 Å². The SMILES string of the molecule is O=C1CCCC(=O)C1=C(O)CC/C=C/c1ccccc1. The average Bonchev–Trinajstić information content (AvgIpc) is 2.44. The lowest BCUT2D eigenvalue weighted by Crippen LogP contribution is -2.20. The maximum Gasteiger partial charge on any atom is 0.169 e. The molecule has 0 saturated heterocycles. The Morgan fingerprint density at radius 1 is 1.10 bits per heavy atom. The molecule has 0 unspecified atom stereocenters. The van der Waals surface area contributed by atoms with Crippen LogP contribution < -0.4 is 0 Å². The first-order chi connectivity index (χ1) is 9.68. The lowest BCUT2D eigenvalue weighted by Gasteiger charge is -2.13. The number of hydrogen-bond acceptors (Lipinski definition) is 3. The van der Waals surface area contributed by atoms with E-state index in [2.05, 4.69) is 0 Å². The third-order valence-corrected chi connectivity index (χ3v) is 3.31. The summed E-state index contributed by atoms with van der Waals surface area (Å²) >= 11 is 0. The fourth-order valence-corrected chi connectivity index (χ4v) is 2.27. The van der Waals surface area contributed by atoms with Crippen LogP contribution in [0.4, 0.5) is 0 Å². The van der Waals surface area contributed by atoms with Crippen LogP contribution in [-0.4, -0.2) is 16.7 Å². The summed E-state index contributed by atoms with van der Waals surface area (Å²) < 4.78 is 0. The Hall–Kier alpha value is -2.16. The number of aliphatic hydroxyl groups excluding tert-OH is 1. The number of ketones is 2. The van der Waals surface area contributed by atoms with Gasteiger partial charge in [0.05, 0.1) is 5.57 Å². The Bertz CT molecular complexity index is 535. The van der Waals surface area contributed by atoms with Crippen LogP contribution in [0.15, 0.2) is 47.7 Å². The zero-order valence-electron chi connectivity index (χ0n) is 11.3. The molecule has 0 aromatic heterocycles. The zero-order chi connectivity index (χ0) is 14.4. The van der Waals surface area contributed by atoms with Gasteiger partial charge in [0.15, 0.2) is 11.6 Å². The van der Waals surface area contributed by atoms with E-state index in [9.17, 15) is 14.7 Å². The Kier molecular flexibility index (Phi) is 4.88. The van der Waals surface area contributed by atoms with Crippen molar-refractivity contribution in [1.82, 2.24) is 0 Å². The molecule has 1 fully saturated rings. The molecule has 1 N–H and O–H groups in total. The lowest BCUT2D eigenvalue weighted by atomic mass is 9.90. The second kappa shape index (κ2) is 6.85. The maximum atomic E-state index is 11.6. The van der Waals surface area contributed by atoms with E-state index in [1.807, 2.05) is 42.5 Å². The summed E-state index contributed by atoms with van der Waals surface area (Å²) in [6, 6.07) is 9.84. The second-order valence-corrected chi connectivity index (χ2v) is 4.87. The van der Waals surface area contributed by atoms with E-state index in [1.165, 1.54) is 0 Å². The predicted molar refractivity (Wildman–Crippen MR) is 78.2 cm³/mol. The van der Waals surface area contributed by atoms with Gasteiger partial charge in [0, 0.05) is 19.3 Å². The third-order valence-electron chi connectivity index (χ3n) is 3.31. The van der Waals surface area contributed by atoms with Crippen molar-refractivity contribution in [2.24, 2.45) is 0 Å². The largest absolute Gasteiger partial charge is 0.511 e. The Morgan fingerprint density at radius 3 is 2.40 bits per heavy atom. The molecule has 0 radical (unpaired) electrons. The number of Topliss-reactive ketones (excluding diaryl/α,β-unsaturated/α-hetero) is 2. The molecule has 20 heavy (non-hydrogen) atoms. The highest BCUT2D eigenvalue weighted by Crippen LogP contribution is 2.21. The molecule has 0 spiro atoms. The topological polar surface area (TPSA) is 54.4 Å². The van der Waals surface area contributed by atoms with Gasteiger partial charge in [-0.05, 0) is 18.4 Å². The fourth-order valence-electron chi connectivity index (χ4n) is 2.27. The average molecular weight is 270 g/mol. The summed E-state index contributed by atoms with van der Waals surface area (Å²) in [5.74, 6) is -0.492. The van der Waals surface area contributed by atoms with Crippen LogP contribution in [0.3, 0.4) is 0 Å². The van der Waals surface area contributed by atoms with Gasteiger partial charge in [0.25, 0.3) is 0 Å². The van der Waals surface area contributed by atoms with E-state index in [4.69, 9.17) is 0 Å². The standard InChI is InChI=1S/C17H18O3/c18-14(17-15(19)11-6-12-16(17)20)10-5-4-9-13-7-2-1-3-8-13/h1-4,7-9,18H,5-6,10-12H2/b9-4+. The van der Waals surface area contributed by atoms with Gasteiger partial charge in [-0.1, -0.05) is 42.5 Å². The normalized spacial score (nSPS) is 15.9. The van der Waals surface area contributed by atoms with Crippen LogP contribution in [0.5, 0.6) is 0 Å². The molecule has 0 bridgehead atoms. The predicted octanol–water partition coefficient (Wildman–Crippen LogP) is 3.61. The summed E-state index contributed by atoms with van der Waals surface area (Å²) in [5, 5.41) is 9.92. The maximum absolute atomic E-state index is 11.6. The number of carbonyl (C=O) groups is 2. The number of hydrogen-bond donors (Lipinski definition) is 1. The molecular formula is C17H18O3. The quantitative estimate of drug-likeness (QED) is 0.516. The van der Waals surface area contributed by atoms with Gasteiger partial charge in [-0.2, -0.15) is 0 Å². The molecule has 1 aromatic carbocycles. The first-order valence-electron chi connectivity index (χ1n) is 6.88. The van der Waals surface area contributed by atoms with Crippen LogP contribution in [0.1, 0.15) is 37.7 Å². The molecule has 1 aliphatic carbocycles. The molecule has 0 aliphatic heterocycles. The van der Waals surface area contributed by atoms with Crippen molar-refractivity contribution in [3.05, 3.63) is 53.3 Å². The summed E-state index contributed by atoms with van der Waals surface area (Å²) in [5.41, 5.74) is 1.12. The van der Waals surface area contributed by atoms with Crippen molar-refractivity contribution in [2.45, 2.75) is 32.1 Å². The molecule has 104 valence electrons. The summed E-state index contributed by atoms with van der Waals surface area (Å²) in [4.78, 5) is 23.3. The van der Waals surface area contributed by atoms with Crippen LogP contribution >= 0.6 is 0 Å². The van der Waals surface area contributed by atoms with E-state index in [-0.39, 0.29) is 22.9 Å². The smallest absolute Gasteiger partial charge is 0.169 e. The molecule has 3 heteroatoms. The van der Waals surface area contributed by atoms with Gasteiger partial charge in [-0.3, -0.25) is 9.59 Å².